The molecule has 1 aromatic carbocycles. The minimum Gasteiger partial charge on any atom is -0.379 e. The Morgan fingerprint density at radius 1 is 0.923 bits per heavy atom. The van der Waals surface area contributed by atoms with E-state index >= 15 is 0 Å². The van der Waals surface area contributed by atoms with Gasteiger partial charge in [-0.25, -0.2) is 4.99 Å². The lowest BCUT2D eigenvalue weighted by Crippen LogP contribution is -2.17. The van der Waals surface area contributed by atoms with E-state index in [0.29, 0.717) is 0 Å². The van der Waals surface area contributed by atoms with Crippen molar-refractivity contribution in [2.24, 2.45) is 10.7 Å². The topological polar surface area (TPSA) is 51.3 Å². The molecule has 2 N–H and O–H groups in total. The number of aromatic nitrogens is 1. The quantitative estimate of drug-likeness (QED) is 0.461. The number of fused-ring (bicyclic) bond motifs is 1. The van der Waals surface area contributed by atoms with Gasteiger partial charge in [0.25, 0.3) is 0 Å². The summed E-state index contributed by atoms with van der Waals surface area (Å²) in [6.07, 6.45) is 10.8. The summed E-state index contributed by atoms with van der Waals surface area (Å²) in [6.45, 7) is 0. The normalized spacial score (nSPS) is 17.1. The van der Waals surface area contributed by atoms with E-state index in [9.17, 15) is 0 Å². The maximum absolute atomic E-state index is 6.13. The molecule has 3 nitrogen and oxygen atoms in total. The van der Waals surface area contributed by atoms with Gasteiger partial charge in [0.1, 0.15) is 0 Å². The Morgan fingerprint density at radius 2 is 1.65 bits per heavy atom. The molecule has 1 fully saturated rings. The Morgan fingerprint density at radius 3 is 2.46 bits per heavy atom. The third-order valence-corrected chi connectivity index (χ3v) is 8.31. The van der Waals surface area contributed by atoms with Crippen LogP contribution in [0.3, 0.4) is 0 Å². The van der Waals surface area contributed by atoms with Gasteiger partial charge in [0.2, 0.25) is 0 Å². The predicted octanol–water partition coefficient (Wildman–Crippen LogP) is 5.46. The standard InChI is InChI=1S/C21H22IN3S/c23-21-22-19-4-2-1-3-18(19)20(25-21)10-7-15-5-8-16(9-6-15)26-17-11-13-24-14-12-17/h5-6,8-9,11-14H,1-4,7,10H2,(H2,23,25). The molecule has 0 atom stereocenters. The van der Waals surface area contributed by atoms with E-state index in [1.54, 1.807) is 20.8 Å². The second-order valence-corrected chi connectivity index (χ2v) is 10.6. The first-order valence-electron chi connectivity index (χ1n) is 9.02. The van der Waals surface area contributed by atoms with Crippen LogP contribution in [0.2, 0.25) is 0 Å². The molecule has 1 aromatic heterocycles. The molecule has 2 heterocycles. The van der Waals surface area contributed by atoms with Gasteiger partial charge >= 0.3 is 0 Å². The van der Waals surface area contributed by atoms with Gasteiger partial charge < -0.3 is 5.73 Å². The molecule has 0 amide bonds. The van der Waals surface area contributed by atoms with Crippen molar-refractivity contribution in [3.63, 3.8) is 0 Å². The maximum atomic E-state index is 6.13. The molecule has 134 valence electrons. The number of nitrogens with two attached hydrogens (primary N) is 1. The predicted molar refractivity (Wildman–Crippen MR) is 119 cm³/mol. The molecule has 0 unspecified atom stereocenters. The Labute approximate surface area is 169 Å². The van der Waals surface area contributed by atoms with Gasteiger partial charge in [0.05, 0.1) is 0 Å². The van der Waals surface area contributed by atoms with Crippen LogP contribution in [0.5, 0.6) is 0 Å². The van der Waals surface area contributed by atoms with E-state index in [0.717, 1.165) is 16.7 Å². The second-order valence-electron chi connectivity index (χ2n) is 6.50. The van der Waals surface area contributed by atoms with Crippen LogP contribution < -0.4 is 5.73 Å². The lowest BCUT2D eigenvalue weighted by molar-refractivity contribution is 0.727. The van der Waals surface area contributed by atoms with Crippen molar-refractivity contribution in [3.05, 3.63) is 65.6 Å². The molecule has 4 rings (SSSR count). The molecule has 2 aliphatic rings. The smallest absolute Gasteiger partial charge is 0.156 e. The largest absolute Gasteiger partial charge is 0.379 e. The van der Waals surface area contributed by atoms with Crippen molar-refractivity contribution in [1.29, 1.82) is 0 Å². The molecular formula is C21H22IN3S. The summed E-state index contributed by atoms with van der Waals surface area (Å²) >= 11 is 1.62. The number of nitrogens with zero attached hydrogens (tertiary/aromatic N) is 2. The lowest BCUT2D eigenvalue weighted by Gasteiger charge is -2.23. The highest BCUT2D eigenvalue weighted by molar-refractivity contribution is 14.2. The van der Waals surface area contributed by atoms with Gasteiger partial charge in [-0.2, -0.15) is 0 Å². The average Bonchev–Trinajstić information content (AvgIpc) is 2.68. The van der Waals surface area contributed by atoms with Crippen LogP contribution in [0.1, 0.15) is 37.7 Å². The van der Waals surface area contributed by atoms with Crippen molar-refractivity contribution < 1.29 is 0 Å². The molecule has 0 saturated heterocycles. The summed E-state index contributed by atoms with van der Waals surface area (Å²) in [5.41, 5.74) is 10.3. The fourth-order valence-electron chi connectivity index (χ4n) is 3.34. The third-order valence-electron chi connectivity index (χ3n) is 4.66. The van der Waals surface area contributed by atoms with Crippen molar-refractivity contribution >= 4 is 39.8 Å². The monoisotopic (exact) mass is 475 g/mol. The van der Waals surface area contributed by atoms with Crippen LogP contribution in [0.4, 0.5) is 0 Å². The average molecular weight is 475 g/mol. The number of halogens is 1. The van der Waals surface area contributed by atoms with Gasteiger partial charge in [0.15, 0.2) is 3.84 Å². The van der Waals surface area contributed by atoms with Crippen LogP contribution in [0.15, 0.2) is 74.8 Å². The van der Waals surface area contributed by atoms with Crippen LogP contribution in [0.25, 0.3) is 0 Å². The number of aliphatic imine (C=N–C) groups is 1. The summed E-state index contributed by atoms with van der Waals surface area (Å²) in [5, 5.41) is 0. The van der Waals surface area contributed by atoms with Gasteiger partial charge in [-0.15, -0.1) is 0 Å². The lowest BCUT2D eigenvalue weighted by atomic mass is 9.91. The first-order chi connectivity index (χ1) is 12.8. The Hall–Kier alpha value is -1.47. The van der Waals surface area contributed by atoms with E-state index < -0.39 is 0 Å². The van der Waals surface area contributed by atoms with Gasteiger partial charge in [-0.05, 0) is 98.2 Å². The minimum atomic E-state index is -0.153. The zero-order chi connectivity index (χ0) is 17.8. The van der Waals surface area contributed by atoms with Crippen molar-refractivity contribution in [2.75, 3.05) is 0 Å². The van der Waals surface area contributed by atoms with Gasteiger partial charge in [-0.3, -0.25) is 4.98 Å². The van der Waals surface area contributed by atoms with Crippen LogP contribution in [0, 0.1) is 0 Å². The molecular weight excluding hydrogens is 453 g/mol. The summed E-state index contributed by atoms with van der Waals surface area (Å²) in [5.74, 6) is 0. The first-order valence-corrected chi connectivity index (χ1v) is 12.0. The first kappa shape index (κ1) is 17.9. The number of rotatable bonds is 5. The molecule has 26 heavy (non-hydrogen) atoms. The highest BCUT2D eigenvalue weighted by Crippen LogP contribution is 2.34. The van der Waals surface area contributed by atoms with Gasteiger partial charge in [0, 0.05) is 27.9 Å². The molecule has 1 saturated carbocycles. The maximum Gasteiger partial charge on any atom is 0.156 e. The SMILES string of the molecule is NC1=NC(CCc2ccc(Sc3ccncc3)cc2)=C2CCCCC2=I1. The summed E-state index contributed by atoms with van der Waals surface area (Å²) in [4.78, 5) is 11.3. The summed E-state index contributed by atoms with van der Waals surface area (Å²) < 4.78 is 2.56. The number of hydrogen-bond acceptors (Lipinski definition) is 4. The van der Waals surface area contributed by atoms with Crippen LogP contribution in [-0.2, 0) is 6.42 Å². The van der Waals surface area contributed by atoms with E-state index in [4.69, 9.17) is 10.7 Å². The van der Waals surface area contributed by atoms with Crippen molar-refractivity contribution in [1.82, 2.24) is 4.98 Å². The number of pyridine rings is 1. The Bertz CT molecular complexity index is 870. The van der Waals surface area contributed by atoms with E-state index in [-0.39, 0.29) is 20.7 Å². The Kier molecular flexibility index (Phi) is 5.84. The molecule has 5 heteroatoms. The molecule has 1 aliphatic heterocycles. The number of allylic oxidation sites excluding steroid dienone is 2. The fraction of sp³-hybridized carbons (Fsp3) is 0.286. The minimum absolute atomic E-state index is 0.153. The zero-order valence-electron chi connectivity index (χ0n) is 14.6. The Balaban J connectivity index is 1.42. The van der Waals surface area contributed by atoms with E-state index in [2.05, 4.69) is 29.2 Å². The number of benzene rings is 1. The highest BCUT2D eigenvalue weighted by atomic mass is 127. The number of aryl methyl sites for hydroxylation is 1. The van der Waals surface area contributed by atoms with Gasteiger partial charge in [-0.1, -0.05) is 23.9 Å². The second kappa shape index (κ2) is 8.48. The molecule has 1 aliphatic carbocycles. The fourth-order valence-corrected chi connectivity index (χ4v) is 6.78. The third kappa shape index (κ3) is 4.43. The summed E-state index contributed by atoms with van der Waals surface area (Å²) in [6, 6.07) is 13.0. The number of amidine groups is 1. The molecule has 0 spiro atoms. The van der Waals surface area contributed by atoms with E-state index in [1.165, 1.54) is 46.7 Å². The molecule has 0 bridgehead atoms. The highest BCUT2D eigenvalue weighted by Gasteiger charge is 2.20. The molecule has 0 radical (unpaired) electrons. The van der Waals surface area contributed by atoms with Crippen molar-refractivity contribution in [3.8, 4) is 0 Å². The van der Waals surface area contributed by atoms with Crippen molar-refractivity contribution in [2.45, 2.75) is 48.3 Å². The summed E-state index contributed by atoms with van der Waals surface area (Å²) in [7, 11) is 0. The van der Waals surface area contributed by atoms with Crippen LogP contribution >= 0.6 is 32.5 Å². The zero-order valence-corrected chi connectivity index (χ0v) is 17.6. The molecule has 2 aromatic rings. The van der Waals surface area contributed by atoms with Crippen LogP contribution in [-0.4, -0.2) is 12.3 Å². The van der Waals surface area contributed by atoms with E-state index in [1.807, 2.05) is 24.5 Å². The number of hydrogen-bond donors (Lipinski definition) is 1.